The van der Waals surface area contributed by atoms with Gasteiger partial charge in [-0.3, -0.25) is 0 Å². The van der Waals surface area contributed by atoms with Crippen LogP contribution in [0.5, 0.6) is 5.75 Å². The van der Waals surface area contributed by atoms with E-state index in [4.69, 9.17) is 4.74 Å². The number of hydrogen-bond acceptors (Lipinski definition) is 3. The number of hydrogen-bond donors (Lipinski definition) is 1. The van der Waals surface area contributed by atoms with E-state index >= 15 is 0 Å². The van der Waals surface area contributed by atoms with E-state index in [1.54, 1.807) is 7.11 Å². The molecule has 0 aromatic heterocycles. The molecule has 0 aliphatic heterocycles. The topological polar surface area (TPSA) is 12.5 Å². The van der Waals surface area contributed by atoms with Crippen LogP contribution in [0.1, 0.15) is 23.1 Å². The second-order valence-corrected chi connectivity index (χ2v) is 5.33. The molecule has 3 heteroatoms. The summed E-state index contributed by atoms with van der Waals surface area (Å²) in [6.45, 7) is 6.48. The first-order chi connectivity index (χ1) is 8.58. The number of likely N-dealkylation sites (N-methyl/N-ethyl adjacent to an activating group) is 1. The Kier molecular flexibility index (Phi) is 6.58. The van der Waals surface area contributed by atoms with E-state index < -0.39 is 0 Å². The van der Waals surface area contributed by atoms with Crippen LogP contribution >= 0.6 is 12.6 Å². The molecular weight excluding hydrogens is 242 g/mol. The van der Waals surface area contributed by atoms with Crippen LogP contribution in [0, 0.1) is 13.8 Å². The van der Waals surface area contributed by atoms with E-state index in [0.717, 1.165) is 37.4 Å². The SMILES string of the molecule is COc1cc(C)c(CCN(C)CCCS)cc1C. The van der Waals surface area contributed by atoms with Crippen LogP contribution in [0.3, 0.4) is 0 Å². The first-order valence-electron chi connectivity index (χ1n) is 6.52. The fraction of sp³-hybridized carbons (Fsp3) is 0.600. The summed E-state index contributed by atoms with van der Waals surface area (Å²) in [5.41, 5.74) is 3.96. The predicted molar refractivity (Wildman–Crippen MR) is 82.1 cm³/mol. The van der Waals surface area contributed by atoms with Gasteiger partial charge < -0.3 is 9.64 Å². The Labute approximate surface area is 117 Å². The molecule has 0 aliphatic carbocycles. The number of rotatable bonds is 7. The molecule has 0 fully saturated rings. The van der Waals surface area contributed by atoms with Crippen LogP contribution in [0.4, 0.5) is 0 Å². The van der Waals surface area contributed by atoms with Gasteiger partial charge in [0.25, 0.3) is 0 Å². The summed E-state index contributed by atoms with van der Waals surface area (Å²) in [5, 5.41) is 0. The Balaban J connectivity index is 2.59. The lowest BCUT2D eigenvalue weighted by molar-refractivity contribution is 0.340. The summed E-state index contributed by atoms with van der Waals surface area (Å²) >= 11 is 4.24. The van der Waals surface area contributed by atoms with E-state index in [-0.39, 0.29) is 0 Å². The maximum atomic E-state index is 5.34. The smallest absolute Gasteiger partial charge is 0.122 e. The van der Waals surface area contributed by atoms with Gasteiger partial charge in [0.1, 0.15) is 5.75 Å². The van der Waals surface area contributed by atoms with E-state index in [0.29, 0.717) is 0 Å². The van der Waals surface area contributed by atoms with Crippen molar-refractivity contribution in [1.82, 2.24) is 4.90 Å². The number of nitrogens with zero attached hydrogens (tertiary/aromatic N) is 1. The van der Waals surface area contributed by atoms with Gasteiger partial charge in [0.15, 0.2) is 0 Å². The van der Waals surface area contributed by atoms with Gasteiger partial charge in [-0.1, -0.05) is 6.07 Å². The molecule has 0 saturated carbocycles. The van der Waals surface area contributed by atoms with Crippen molar-refractivity contribution in [2.24, 2.45) is 0 Å². The van der Waals surface area contributed by atoms with Crippen molar-refractivity contribution in [3.8, 4) is 5.75 Å². The monoisotopic (exact) mass is 267 g/mol. The molecule has 1 rings (SSSR count). The van der Waals surface area contributed by atoms with Crippen molar-refractivity contribution < 1.29 is 4.74 Å². The predicted octanol–water partition coefficient (Wildman–Crippen LogP) is 3.11. The van der Waals surface area contributed by atoms with Crippen molar-refractivity contribution in [1.29, 1.82) is 0 Å². The van der Waals surface area contributed by atoms with Crippen LogP contribution in [-0.4, -0.2) is 37.9 Å². The number of thiol groups is 1. The number of aryl methyl sites for hydroxylation is 2. The second kappa shape index (κ2) is 7.70. The highest BCUT2D eigenvalue weighted by atomic mass is 32.1. The standard InChI is InChI=1S/C15H25NOS/c1-12-11-15(17-4)13(2)10-14(12)6-8-16(3)7-5-9-18/h10-11,18H,5-9H2,1-4H3. The van der Waals surface area contributed by atoms with Gasteiger partial charge in [0, 0.05) is 6.54 Å². The molecular formula is C15H25NOS. The minimum atomic E-state index is 0.963. The van der Waals surface area contributed by atoms with Crippen molar-refractivity contribution in [3.05, 3.63) is 28.8 Å². The first-order valence-corrected chi connectivity index (χ1v) is 7.15. The molecule has 1 aromatic rings. The molecule has 1 aromatic carbocycles. The highest BCUT2D eigenvalue weighted by Crippen LogP contribution is 2.22. The lowest BCUT2D eigenvalue weighted by Crippen LogP contribution is -2.23. The molecule has 0 bridgehead atoms. The number of ether oxygens (including phenoxy) is 1. The number of methoxy groups -OCH3 is 1. The Morgan fingerprint density at radius 3 is 2.50 bits per heavy atom. The van der Waals surface area contributed by atoms with E-state index in [1.807, 2.05) is 0 Å². The number of benzene rings is 1. The maximum absolute atomic E-state index is 5.34. The summed E-state index contributed by atoms with van der Waals surface area (Å²) in [7, 11) is 3.90. The Morgan fingerprint density at radius 2 is 1.89 bits per heavy atom. The zero-order valence-corrected chi connectivity index (χ0v) is 12.9. The van der Waals surface area contributed by atoms with Gasteiger partial charge in [-0.2, -0.15) is 12.6 Å². The highest BCUT2D eigenvalue weighted by Gasteiger charge is 2.06. The minimum Gasteiger partial charge on any atom is -0.496 e. The molecule has 0 atom stereocenters. The molecule has 2 nitrogen and oxygen atoms in total. The first kappa shape index (κ1) is 15.4. The fourth-order valence-corrected chi connectivity index (χ4v) is 2.24. The fourth-order valence-electron chi connectivity index (χ4n) is 2.10. The summed E-state index contributed by atoms with van der Waals surface area (Å²) in [4.78, 5) is 2.37. The molecule has 0 amide bonds. The van der Waals surface area contributed by atoms with Crippen molar-refractivity contribution in [2.75, 3.05) is 33.0 Å². The van der Waals surface area contributed by atoms with Gasteiger partial charge in [-0.05, 0) is 68.8 Å². The average Bonchev–Trinajstić information content (AvgIpc) is 2.36. The van der Waals surface area contributed by atoms with E-state index in [9.17, 15) is 0 Å². The van der Waals surface area contributed by atoms with E-state index in [2.05, 4.69) is 50.6 Å². The average molecular weight is 267 g/mol. The molecule has 0 saturated heterocycles. The third-order valence-electron chi connectivity index (χ3n) is 3.31. The van der Waals surface area contributed by atoms with Gasteiger partial charge in [-0.15, -0.1) is 0 Å². The van der Waals surface area contributed by atoms with Crippen LogP contribution in [0.25, 0.3) is 0 Å². The molecule has 102 valence electrons. The Morgan fingerprint density at radius 1 is 1.17 bits per heavy atom. The summed E-state index contributed by atoms with van der Waals surface area (Å²) < 4.78 is 5.34. The highest BCUT2D eigenvalue weighted by molar-refractivity contribution is 7.80. The van der Waals surface area contributed by atoms with Crippen LogP contribution in [0.2, 0.25) is 0 Å². The zero-order valence-electron chi connectivity index (χ0n) is 12.0. The Bertz CT molecular complexity index is 379. The van der Waals surface area contributed by atoms with Crippen molar-refractivity contribution in [2.45, 2.75) is 26.7 Å². The van der Waals surface area contributed by atoms with Crippen molar-refractivity contribution in [3.63, 3.8) is 0 Å². The molecule has 0 spiro atoms. The lowest BCUT2D eigenvalue weighted by Gasteiger charge is -2.17. The molecule has 0 aliphatic rings. The second-order valence-electron chi connectivity index (χ2n) is 4.88. The van der Waals surface area contributed by atoms with E-state index in [1.165, 1.54) is 16.7 Å². The molecule has 0 N–H and O–H groups in total. The molecule has 0 heterocycles. The minimum absolute atomic E-state index is 0.963. The normalized spacial score (nSPS) is 11.0. The molecule has 0 radical (unpaired) electrons. The quantitative estimate of drug-likeness (QED) is 0.762. The zero-order chi connectivity index (χ0) is 13.5. The molecule has 0 unspecified atom stereocenters. The van der Waals surface area contributed by atoms with Gasteiger partial charge >= 0.3 is 0 Å². The van der Waals surface area contributed by atoms with Crippen LogP contribution in [-0.2, 0) is 6.42 Å². The van der Waals surface area contributed by atoms with Gasteiger partial charge in [0.2, 0.25) is 0 Å². The Hall–Kier alpha value is -0.670. The van der Waals surface area contributed by atoms with Gasteiger partial charge in [-0.25, -0.2) is 0 Å². The lowest BCUT2D eigenvalue weighted by atomic mass is 10.0. The summed E-state index contributed by atoms with van der Waals surface area (Å²) in [5.74, 6) is 1.95. The maximum Gasteiger partial charge on any atom is 0.122 e. The van der Waals surface area contributed by atoms with Crippen LogP contribution in [0.15, 0.2) is 12.1 Å². The van der Waals surface area contributed by atoms with Crippen LogP contribution < -0.4 is 4.74 Å². The van der Waals surface area contributed by atoms with Crippen molar-refractivity contribution >= 4 is 12.6 Å². The third-order valence-corrected chi connectivity index (χ3v) is 3.63. The van der Waals surface area contributed by atoms with Gasteiger partial charge in [0.05, 0.1) is 7.11 Å². The largest absolute Gasteiger partial charge is 0.496 e. The summed E-state index contributed by atoms with van der Waals surface area (Å²) in [6, 6.07) is 4.39. The third kappa shape index (κ3) is 4.54. The molecule has 18 heavy (non-hydrogen) atoms. The summed E-state index contributed by atoms with van der Waals surface area (Å²) in [6.07, 6.45) is 2.25.